The standard InChI is InChI=1S/C23H26N2O5S/c1-17-6-9-22(10-7-17)31(27,28)25-15-20-13-24(14-21(16-25)30-20)23(26)11-8-18-4-3-5-19(12-18)29-2/h3-12,20-21H,13-16H2,1-2H3/b11-8+/t20-,21+. The van der Waals surface area contributed by atoms with E-state index in [1.165, 1.54) is 10.4 Å². The Morgan fingerprint density at radius 2 is 1.74 bits per heavy atom. The first-order valence-corrected chi connectivity index (χ1v) is 11.6. The average molecular weight is 443 g/mol. The second kappa shape index (κ2) is 8.82. The number of ether oxygens (including phenoxy) is 2. The molecule has 0 unspecified atom stereocenters. The second-order valence-corrected chi connectivity index (χ2v) is 9.81. The van der Waals surface area contributed by atoms with Gasteiger partial charge >= 0.3 is 0 Å². The number of carbonyl (C=O) groups is 1. The van der Waals surface area contributed by atoms with Crippen LogP contribution in [0.5, 0.6) is 5.75 Å². The quantitative estimate of drug-likeness (QED) is 0.665. The maximum Gasteiger partial charge on any atom is 0.246 e. The second-order valence-electron chi connectivity index (χ2n) is 7.87. The van der Waals surface area contributed by atoms with Crippen LogP contribution in [-0.2, 0) is 19.6 Å². The average Bonchev–Trinajstić information content (AvgIpc) is 2.77. The lowest BCUT2D eigenvalue weighted by Gasteiger charge is -2.44. The zero-order valence-corrected chi connectivity index (χ0v) is 18.4. The van der Waals surface area contributed by atoms with Crippen LogP contribution in [0.15, 0.2) is 59.5 Å². The third kappa shape index (κ3) is 4.81. The maximum atomic E-state index is 13.0. The van der Waals surface area contributed by atoms with Crippen LogP contribution in [-0.4, -0.2) is 69.0 Å². The molecule has 0 N–H and O–H groups in total. The molecule has 0 aliphatic carbocycles. The summed E-state index contributed by atoms with van der Waals surface area (Å²) < 4.78 is 38.7. The van der Waals surface area contributed by atoms with Crippen molar-refractivity contribution in [3.63, 3.8) is 0 Å². The van der Waals surface area contributed by atoms with E-state index < -0.39 is 10.0 Å². The minimum absolute atomic E-state index is 0.115. The molecule has 0 radical (unpaired) electrons. The van der Waals surface area contributed by atoms with Crippen LogP contribution in [0.2, 0.25) is 0 Å². The number of amides is 1. The van der Waals surface area contributed by atoms with Gasteiger partial charge in [0.05, 0.1) is 24.2 Å². The van der Waals surface area contributed by atoms with Crippen molar-refractivity contribution in [3.8, 4) is 5.75 Å². The van der Waals surface area contributed by atoms with Gasteiger partial charge in [-0.3, -0.25) is 4.79 Å². The van der Waals surface area contributed by atoms with E-state index in [2.05, 4.69) is 0 Å². The first-order valence-electron chi connectivity index (χ1n) is 10.2. The van der Waals surface area contributed by atoms with Crippen LogP contribution >= 0.6 is 0 Å². The normalized spacial score (nSPS) is 21.9. The molecule has 1 amide bonds. The van der Waals surface area contributed by atoms with E-state index in [9.17, 15) is 13.2 Å². The summed E-state index contributed by atoms with van der Waals surface area (Å²) in [6.07, 6.45) is 2.60. The van der Waals surface area contributed by atoms with Gasteiger partial charge in [0.1, 0.15) is 5.75 Å². The number of benzene rings is 2. The van der Waals surface area contributed by atoms with Crippen LogP contribution in [0.25, 0.3) is 6.08 Å². The lowest BCUT2D eigenvalue weighted by atomic mass is 10.1. The molecule has 2 aliphatic heterocycles. The summed E-state index contributed by atoms with van der Waals surface area (Å²) in [6, 6.07) is 14.3. The van der Waals surface area contributed by atoms with E-state index in [0.29, 0.717) is 13.1 Å². The fourth-order valence-corrected chi connectivity index (χ4v) is 5.41. The third-order valence-corrected chi connectivity index (χ3v) is 7.38. The molecule has 0 saturated carbocycles. The maximum absolute atomic E-state index is 13.0. The lowest BCUT2D eigenvalue weighted by Crippen LogP contribution is -2.61. The largest absolute Gasteiger partial charge is 0.497 e. The summed E-state index contributed by atoms with van der Waals surface area (Å²) in [4.78, 5) is 14.7. The Balaban J connectivity index is 1.42. The molecule has 2 bridgehead atoms. The summed E-state index contributed by atoms with van der Waals surface area (Å²) >= 11 is 0. The Morgan fingerprint density at radius 3 is 2.39 bits per heavy atom. The molecule has 2 aromatic carbocycles. The predicted molar refractivity (Wildman–Crippen MR) is 117 cm³/mol. The topological polar surface area (TPSA) is 76.2 Å². The molecule has 0 aromatic heterocycles. The molecule has 2 fully saturated rings. The van der Waals surface area contributed by atoms with Gasteiger partial charge in [-0.05, 0) is 42.8 Å². The molecule has 2 aromatic rings. The number of methoxy groups -OCH3 is 1. The van der Waals surface area contributed by atoms with Gasteiger partial charge in [-0.2, -0.15) is 4.31 Å². The monoisotopic (exact) mass is 442 g/mol. The van der Waals surface area contributed by atoms with Gasteiger partial charge in [0.25, 0.3) is 0 Å². The first-order chi connectivity index (χ1) is 14.8. The summed E-state index contributed by atoms with van der Waals surface area (Å²) in [5, 5.41) is 0. The summed E-state index contributed by atoms with van der Waals surface area (Å²) in [6.45, 7) is 3.10. The molecule has 4 rings (SSSR count). The number of rotatable bonds is 5. The first kappa shape index (κ1) is 21.5. The van der Waals surface area contributed by atoms with Crippen LogP contribution in [0, 0.1) is 6.92 Å². The van der Waals surface area contributed by atoms with Crippen molar-refractivity contribution in [2.75, 3.05) is 33.3 Å². The van der Waals surface area contributed by atoms with Crippen LogP contribution in [0.4, 0.5) is 0 Å². The molecule has 164 valence electrons. The molecular formula is C23H26N2O5S. The molecule has 2 aliphatic rings. The van der Waals surface area contributed by atoms with Crippen molar-refractivity contribution in [3.05, 3.63) is 65.7 Å². The number of hydrogen-bond donors (Lipinski definition) is 0. The minimum atomic E-state index is -3.59. The lowest BCUT2D eigenvalue weighted by molar-refractivity contribution is -0.150. The SMILES string of the molecule is COc1cccc(/C=C/C(=O)N2C[C@@H]3CN(S(=O)(=O)c4ccc(C)cc4)C[C@H](C2)O3)c1. The number of carbonyl (C=O) groups excluding carboxylic acids is 1. The zero-order valence-electron chi connectivity index (χ0n) is 17.6. The van der Waals surface area contributed by atoms with E-state index in [0.717, 1.165) is 16.9 Å². The van der Waals surface area contributed by atoms with E-state index >= 15 is 0 Å². The van der Waals surface area contributed by atoms with Gasteiger partial charge in [0.15, 0.2) is 0 Å². The Morgan fingerprint density at radius 1 is 1.06 bits per heavy atom. The number of nitrogens with zero attached hydrogens (tertiary/aromatic N) is 2. The van der Waals surface area contributed by atoms with Crippen LogP contribution < -0.4 is 4.74 Å². The predicted octanol–water partition coefficient (Wildman–Crippen LogP) is 2.32. The highest BCUT2D eigenvalue weighted by atomic mass is 32.2. The number of sulfonamides is 1. The van der Waals surface area contributed by atoms with Gasteiger partial charge in [-0.1, -0.05) is 29.8 Å². The summed E-state index contributed by atoms with van der Waals surface area (Å²) in [5.74, 6) is 0.612. The number of morpholine rings is 2. The highest BCUT2D eigenvalue weighted by Gasteiger charge is 2.40. The molecule has 2 atom stereocenters. The molecule has 2 heterocycles. The molecule has 2 saturated heterocycles. The number of fused-ring (bicyclic) bond motifs is 2. The fourth-order valence-electron chi connectivity index (χ4n) is 3.91. The Kier molecular flexibility index (Phi) is 6.13. The van der Waals surface area contributed by atoms with E-state index in [1.807, 2.05) is 31.2 Å². The number of aryl methyl sites for hydroxylation is 1. The Labute approximate surface area is 182 Å². The van der Waals surface area contributed by atoms with Gasteiger partial charge in [-0.15, -0.1) is 0 Å². The van der Waals surface area contributed by atoms with E-state index in [1.54, 1.807) is 42.4 Å². The smallest absolute Gasteiger partial charge is 0.246 e. The minimum Gasteiger partial charge on any atom is -0.497 e. The summed E-state index contributed by atoms with van der Waals surface area (Å²) in [7, 11) is -1.99. The molecule has 31 heavy (non-hydrogen) atoms. The Bertz CT molecular complexity index is 1070. The van der Waals surface area contributed by atoms with E-state index in [4.69, 9.17) is 9.47 Å². The van der Waals surface area contributed by atoms with Crippen LogP contribution in [0.3, 0.4) is 0 Å². The van der Waals surface area contributed by atoms with Gasteiger partial charge in [0, 0.05) is 32.3 Å². The summed E-state index contributed by atoms with van der Waals surface area (Å²) in [5.41, 5.74) is 1.88. The molecule has 0 spiro atoms. The van der Waals surface area contributed by atoms with Crippen molar-refractivity contribution < 1.29 is 22.7 Å². The van der Waals surface area contributed by atoms with Gasteiger partial charge < -0.3 is 14.4 Å². The van der Waals surface area contributed by atoms with Crippen molar-refractivity contribution in [1.82, 2.24) is 9.21 Å². The molecular weight excluding hydrogens is 416 g/mol. The fraction of sp³-hybridized carbons (Fsp3) is 0.348. The van der Waals surface area contributed by atoms with Crippen molar-refractivity contribution in [1.29, 1.82) is 0 Å². The third-order valence-electron chi connectivity index (χ3n) is 5.53. The zero-order chi connectivity index (χ0) is 22.0. The highest BCUT2D eigenvalue weighted by Crippen LogP contribution is 2.25. The van der Waals surface area contributed by atoms with Gasteiger partial charge in [0.2, 0.25) is 15.9 Å². The van der Waals surface area contributed by atoms with Crippen molar-refractivity contribution in [2.45, 2.75) is 24.0 Å². The molecule has 7 nitrogen and oxygen atoms in total. The van der Waals surface area contributed by atoms with Crippen molar-refractivity contribution >= 4 is 22.0 Å². The Hall–Kier alpha value is -2.68. The van der Waals surface area contributed by atoms with E-state index in [-0.39, 0.29) is 36.1 Å². The highest BCUT2D eigenvalue weighted by molar-refractivity contribution is 7.89. The van der Waals surface area contributed by atoms with Gasteiger partial charge in [-0.25, -0.2) is 8.42 Å². The number of hydrogen-bond acceptors (Lipinski definition) is 5. The van der Waals surface area contributed by atoms with Crippen LogP contribution in [0.1, 0.15) is 11.1 Å². The van der Waals surface area contributed by atoms with Crippen molar-refractivity contribution in [2.24, 2.45) is 0 Å². The molecule has 8 heteroatoms.